The summed E-state index contributed by atoms with van der Waals surface area (Å²) < 4.78 is 22.3. The van der Waals surface area contributed by atoms with Gasteiger partial charge in [-0.15, -0.1) is 0 Å². The second-order valence-corrected chi connectivity index (χ2v) is 5.40. The molecule has 0 saturated heterocycles. The van der Waals surface area contributed by atoms with Gasteiger partial charge in [0.25, 0.3) is 0 Å². The van der Waals surface area contributed by atoms with Gasteiger partial charge in [0, 0.05) is 12.2 Å². The van der Waals surface area contributed by atoms with Crippen molar-refractivity contribution in [3.8, 4) is 0 Å². The molecule has 0 unspecified atom stereocenters. The average molecular weight is 284 g/mol. The third-order valence-electron chi connectivity index (χ3n) is 2.41. The molecule has 0 fully saturated rings. The van der Waals surface area contributed by atoms with Gasteiger partial charge in [-0.3, -0.25) is 0 Å². The highest BCUT2D eigenvalue weighted by atomic mass is 32.2. The highest BCUT2D eigenvalue weighted by molar-refractivity contribution is 7.89. The van der Waals surface area contributed by atoms with Crippen LogP contribution in [0.4, 0.5) is 5.69 Å². The summed E-state index contributed by atoms with van der Waals surface area (Å²) in [5.41, 5.74) is 0.247. The van der Waals surface area contributed by atoms with Crippen LogP contribution < -0.4 is 10.5 Å². The van der Waals surface area contributed by atoms with Gasteiger partial charge in [-0.1, -0.05) is 12.2 Å². The maximum Gasteiger partial charge on any atom is 0.337 e. The Morgan fingerprint density at radius 3 is 2.68 bits per heavy atom. The van der Waals surface area contributed by atoms with E-state index in [2.05, 4.69) is 5.32 Å². The molecule has 7 heteroatoms. The maximum absolute atomic E-state index is 11.2. The minimum absolute atomic E-state index is 0.119. The number of anilines is 1. The standard InChI is InChI=1S/C12H16N2O4S/c1-2-3-4-7-14-11-6-5-9(19(13,17)18)8-10(11)12(15)16/h2-3,5-6,8,14H,4,7H2,1H3,(H,15,16)(H2,13,17,18)/b3-2+. The summed E-state index contributed by atoms with van der Waals surface area (Å²) in [6, 6.07) is 3.73. The van der Waals surface area contributed by atoms with E-state index < -0.39 is 16.0 Å². The number of rotatable bonds is 6. The zero-order valence-electron chi connectivity index (χ0n) is 10.5. The summed E-state index contributed by atoms with van der Waals surface area (Å²) in [7, 11) is -3.91. The number of carbonyl (C=O) groups is 1. The van der Waals surface area contributed by atoms with Gasteiger partial charge in [-0.05, 0) is 31.5 Å². The molecule has 0 aliphatic rings. The molecule has 0 heterocycles. The van der Waals surface area contributed by atoms with E-state index in [-0.39, 0.29) is 10.5 Å². The Morgan fingerprint density at radius 1 is 1.47 bits per heavy atom. The molecule has 1 aromatic rings. The first-order chi connectivity index (χ1) is 8.86. The number of aromatic carboxylic acids is 1. The fraction of sp³-hybridized carbons (Fsp3) is 0.250. The van der Waals surface area contributed by atoms with E-state index in [1.807, 2.05) is 19.1 Å². The summed E-state index contributed by atoms with van der Waals surface area (Å²) >= 11 is 0. The van der Waals surface area contributed by atoms with Crippen molar-refractivity contribution < 1.29 is 18.3 Å². The van der Waals surface area contributed by atoms with Crippen molar-refractivity contribution in [1.82, 2.24) is 0 Å². The molecule has 0 bridgehead atoms. The van der Waals surface area contributed by atoms with Gasteiger partial charge < -0.3 is 10.4 Å². The first kappa shape index (κ1) is 15.2. The number of primary sulfonamides is 1. The Balaban J connectivity index is 3.02. The van der Waals surface area contributed by atoms with Crippen LogP contribution in [0.2, 0.25) is 0 Å². The minimum Gasteiger partial charge on any atom is -0.478 e. The summed E-state index contributed by atoms with van der Waals surface area (Å²) in [5, 5.41) is 17.0. The summed E-state index contributed by atoms with van der Waals surface area (Å²) in [6.07, 6.45) is 4.57. The maximum atomic E-state index is 11.2. The van der Waals surface area contributed by atoms with Gasteiger partial charge in [0.15, 0.2) is 0 Å². The van der Waals surface area contributed by atoms with E-state index >= 15 is 0 Å². The van der Waals surface area contributed by atoms with E-state index in [1.165, 1.54) is 12.1 Å². The van der Waals surface area contributed by atoms with Crippen LogP contribution in [0.25, 0.3) is 0 Å². The quantitative estimate of drug-likeness (QED) is 0.540. The fourth-order valence-corrected chi connectivity index (χ4v) is 2.03. The van der Waals surface area contributed by atoms with Gasteiger partial charge in [-0.2, -0.15) is 0 Å². The molecule has 0 aromatic heterocycles. The molecule has 104 valence electrons. The van der Waals surface area contributed by atoms with Crippen LogP contribution in [0.15, 0.2) is 35.2 Å². The van der Waals surface area contributed by atoms with Gasteiger partial charge in [-0.25, -0.2) is 18.4 Å². The van der Waals surface area contributed by atoms with Crippen molar-refractivity contribution in [2.24, 2.45) is 5.14 Å². The van der Waals surface area contributed by atoms with Crippen LogP contribution in [0, 0.1) is 0 Å². The first-order valence-electron chi connectivity index (χ1n) is 5.61. The van der Waals surface area contributed by atoms with Crippen LogP contribution >= 0.6 is 0 Å². The molecule has 6 nitrogen and oxygen atoms in total. The predicted molar refractivity (Wildman–Crippen MR) is 72.7 cm³/mol. The normalized spacial score (nSPS) is 11.7. The third kappa shape index (κ3) is 4.38. The molecule has 1 rings (SSSR count). The first-order valence-corrected chi connectivity index (χ1v) is 7.16. The number of carboxylic acid groups (broad SMARTS) is 1. The van der Waals surface area contributed by atoms with Crippen molar-refractivity contribution in [2.45, 2.75) is 18.2 Å². The Labute approximate surface area is 112 Å². The number of nitrogens with one attached hydrogen (secondary N) is 1. The number of nitrogens with two attached hydrogens (primary N) is 1. The van der Waals surface area contributed by atoms with Gasteiger partial charge in [0.2, 0.25) is 10.0 Å². The zero-order valence-corrected chi connectivity index (χ0v) is 11.3. The highest BCUT2D eigenvalue weighted by Gasteiger charge is 2.15. The monoisotopic (exact) mass is 284 g/mol. The Bertz CT molecular complexity index is 594. The summed E-state index contributed by atoms with van der Waals surface area (Å²) in [4.78, 5) is 10.9. The zero-order chi connectivity index (χ0) is 14.5. The third-order valence-corrected chi connectivity index (χ3v) is 3.32. The number of carboxylic acids is 1. The molecule has 0 aliphatic heterocycles. The lowest BCUT2D eigenvalue weighted by Crippen LogP contribution is -2.14. The Morgan fingerprint density at radius 2 is 2.16 bits per heavy atom. The second-order valence-electron chi connectivity index (χ2n) is 3.84. The van der Waals surface area contributed by atoms with Gasteiger partial charge in [0.05, 0.1) is 10.5 Å². The van der Waals surface area contributed by atoms with Crippen LogP contribution in [0.1, 0.15) is 23.7 Å². The number of allylic oxidation sites excluding steroid dienone is 1. The van der Waals surface area contributed by atoms with E-state index in [1.54, 1.807) is 0 Å². The highest BCUT2D eigenvalue weighted by Crippen LogP contribution is 2.20. The molecule has 0 aliphatic carbocycles. The van der Waals surface area contributed by atoms with Crippen molar-refractivity contribution in [3.05, 3.63) is 35.9 Å². The van der Waals surface area contributed by atoms with Crippen LogP contribution in [0.3, 0.4) is 0 Å². The lowest BCUT2D eigenvalue weighted by molar-refractivity contribution is 0.0697. The van der Waals surface area contributed by atoms with Crippen LogP contribution in [0.5, 0.6) is 0 Å². The molecule has 0 radical (unpaired) electrons. The molecule has 1 aromatic carbocycles. The Kier molecular flexibility index (Phi) is 5.08. The molecule has 0 spiro atoms. The molecule has 19 heavy (non-hydrogen) atoms. The van der Waals surface area contributed by atoms with E-state index in [4.69, 9.17) is 10.2 Å². The summed E-state index contributed by atoms with van der Waals surface area (Å²) in [6.45, 7) is 2.45. The largest absolute Gasteiger partial charge is 0.478 e. The van der Waals surface area contributed by atoms with E-state index in [0.717, 1.165) is 12.5 Å². The SMILES string of the molecule is C/C=C/CCNc1ccc(S(N)(=O)=O)cc1C(=O)O. The molecule has 0 amide bonds. The lowest BCUT2D eigenvalue weighted by Gasteiger charge is -2.09. The topological polar surface area (TPSA) is 109 Å². The lowest BCUT2D eigenvalue weighted by atomic mass is 10.1. The number of sulfonamides is 1. The fourth-order valence-electron chi connectivity index (χ4n) is 1.49. The molecular weight excluding hydrogens is 268 g/mol. The molecule has 0 atom stereocenters. The minimum atomic E-state index is -3.91. The second kappa shape index (κ2) is 6.35. The molecule has 0 saturated carbocycles. The van der Waals surface area contributed by atoms with Crippen molar-refractivity contribution in [1.29, 1.82) is 0 Å². The molecule has 4 N–H and O–H groups in total. The van der Waals surface area contributed by atoms with Crippen LogP contribution in [-0.4, -0.2) is 26.0 Å². The number of hydrogen-bond donors (Lipinski definition) is 3. The number of hydrogen-bond acceptors (Lipinski definition) is 4. The van der Waals surface area contributed by atoms with E-state index in [0.29, 0.717) is 12.2 Å². The average Bonchev–Trinajstić information content (AvgIpc) is 2.33. The van der Waals surface area contributed by atoms with E-state index in [9.17, 15) is 13.2 Å². The molecular formula is C12H16N2O4S. The van der Waals surface area contributed by atoms with Gasteiger partial charge >= 0.3 is 5.97 Å². The summed E-state index contributed by atoms with van der Waals surface area (Å²) in [5.74, 6) is -1.21. The van der Waals surface area contributed by atoms with Crippen molar-refractivity contribution in [2.75, 3.05) is 11.9 Å². The van der Waals surface area contributed by atoms with Crippen molar-refractivity contribution >= 4 is 21.7 Å². The van der Waals surface area contributed by atoms with Crippen LogP contribution in [-0.2, 0) is 10.0 Å². The van der Waals surface area contributed by atoms with Crippen molar-refractivity contribution in [3.63, 3.8) is 0 Å². The predicted octanol–water partition coefficient (Wildman–Crippen LogP) is 1.41. The van der Waals surface area contributed by atoms with Gasteiger partial charge in [0.1, 0.15) is 0 Å². The number of benzene rings is 1. The smallest absolute Gasteiger partial charge is 0.337 e. The Hall–Kier alpha value is -1.86.